The number of nitrogens with zero attached hydrogens (tertiary/aromatic N) is 2. The van der Waals surface area contributed by atoms with Gasteiger partial charge in [0.25, 0.3) is 0 Å². The first-order valence-electron chi connectivity index (χ1n) is 6.38. The Bertz CT molecular complexity index is 381. The normalized spacial score (nSPS) is 21.0. The van der Waals surface area contributed by atoms with Crippen LogP contribution >= 0.6 is 0 Å². The van der Waals surface area contributed by atoms with Crippen LogP contribution in [0.1, 0.15) is 55.9 Å². The second-order valence-corrected chi connectivity index (χ2v) is 4.51. The van der Waals surface area contributed by atoms with E-state index in [2.05, 4.69) is 22.2 Å². The van der Waals surface area contributed by atoms with Gasteiger partial charge in [0.15, 0.2) is 5.82 Å². The molecule has 0 amide bonds. The third-order valence-corrected chi connectivity index (χ3v) is 3.37. The van der Waals surface area contributed by atoms with Crippen molar-refractivity contribution in [2.24, 2.45) is 0 Å². The number of fused-ring (bicyclic) bond motifs is 1. The van der Waals surface area contributed by atoms with Crippen molar-refractivity contribution in [3.05, 3.63) is 23.3 Å². The highest BCUT2D eigenvalue weighted by atomic mass is 16.5. The van der Waals surface area contributed by atoms with E-state index < -0.39 is 0 Å². The van der Waals surface area contributed by atoms with Crippen molar-refractivity contribution < 1.29 is 4.74 Å². The average molecular weight is 235 g/mol. The van der Waals surface area contributed by atoms with E-state index in [1.165, 1.54) is 24.1 Å². The van der Waals surface area contributed by atoms with E-state index in [4.69, 9.17) is 4.74 Å². The quantitative estimate of drug-likeness (QED) is 0.869. The standard InChI is InChI=1S/C13H21N3O/c1-4-14-11-6-5-7-12-10(11)8-15-13(16-12)9(2)17-3/h8-9,11,14H,4-7H2,1-3H3. The van der Waals surface area contributed by atoms with Crippen LogP contribution in [0.4, 0.5) is 0 Å². The molecule has 4 heteroatoms. The van der Waals surface area contributed by atoms with E-state index in [1.54, 1.807) is 7.11 Å². The molecule has 1 aromatic heterocycles. The van der Waals surface area contributed by atoms with Gasteiger partial charge in [0.05, 0.1) is 0 Å². The third kappa shape index (κ3) is 2.64. The van der Waals surface area contributed by atoms with Crippen LogP contribution in [0.3, 0.4) is 0 Å². The zero-order chi connectivity index (χ0) is 12.3. The molecule has 1 N–H and O–H groups in total. The average Bonchev–Trinajstić information content (AvgIpc) is 2.38. The van der Waals surface area contributed by atoms with Gasteiger partial charge in [-0.05, 0) is 32.7 Å². The second kappa shape index (κ2) is 5.56. The topological polar surface area (TPSA) is 47.0 Å². The van der Waals surface area contributed by atoms with E-state index in [0.29, 0.717) is 6.04 Å². The molecule has 1 aromatic rings. The number of methoxy groups -OCH3 is 1. The molecule has 0 saturated carbocycles. The minimum absolute atomic E-state index is 0.0280. The zero-order valence-electron chi connectivity index (χ0n) is 10.9. The number of ether oxygens (including phenoxy) is 1. The number of rotatable bonds is 4. The van der Waals surface area contributed by atoms with Crippen molar-refractivity contribution in [2.45, 2.75) is 45.3 Å². The Labute approximate surface area is 103 Å². The molecule has 1 aliphatic carbocycles. The lowest BCUT2D eigenvalue weighted by molar-refractivity contribution is 0.111. The first-order chi connectivity index (χ1) is 8.26. The minimum Gasteiger partial charge on any atom is -0.374 e. The molecule has 2 unspecified atom stereocenters. The summed E-state index contributed by atoms with van der Waals surface area (Å²) in [6.07, 6.45) is 5.38. The van der Waals surface area contributed by atoms with Crippen LogP contribution in [-0.4, -0.2) is 23.6 Å². The lowest BCUT2D eigenvalue weighted by Gasteiger charge is -2.25. The smallest absolute Gasteiger partial charge is 0.157 e. The lowest BCUT2D eigenvalue weighted by atomic mass is 9.92. The molecular formula is C13H21N3O. The summed E-state index contributed by atoms with van der Waals surface area (Å²) in [5, 5.41) is 3.49. The molecule has 4 nitrogen and oxygen atoms in total. The fraction of sp³-hybridized carbons (Fsp3) is 0.692. The highest BCUT2D eigenvalue weighted by Gasteiger charge is 2.22. The van der Waals surface area contributed by atoms with Crippen molar-refractivity contribution in [1.29, 1.82) is 0 Å². The Morgan fingerprint density at radius 2 is 2.41 bits per heavy atom. The van der Waals surface area contributed by atoms with Crippen LogP contribution in [0, 0.1) is 0 Å². The molecule has 0 saturated heterocycles. The largest absolute Gasteiger partial charge is 0.374 e. The van der Waals surface area contributed by atoms with Crippen molar-refractivity contribution >= 4 is 0 Å². The Morgan fingerprint density at radius 3 is 3.12 bits per heavy atom. The molecule has 0 bridgehead atoms. The van der Waals surface area contributed by atoms with Crippen LogP contribution in [0.2, 0.25) is 0 Å². The summed E-state index contributed by atoms with van der Waals surface area (Å²) in [5.41, 5.74) is 2.46. The van der Waals surface area contributed by atoms with E-state index in [1.807, 2.05) is 13.1 Å². The second-order valence-electron chi connectivity index (χ2n) is 4.51. The van der Waals surface area contributed by atoms with E-state index in [0.717, 1.165) is 18.8 Å². The molecule has 94 valence electrons. The Morgan fingerprint density at radius 1 is 1.59 bits per heavy atom. The van der Waals surface area contributed by atoms with Crippen LogP contribution in [0.25, 0.3) is 0 Å². The minimum atomic E-state index is -0.0280. The summed E-state index contributed by atoms with van der Waals surface area (Å²) < 4.78 is 5.26. The summed E-state index contributed by atoms with van der Waals surface area (Å²) in [6.45, 7) is 5.10. The van der Waals surface area contributed by atoms with Gasteiger partial charge in [-0.3, -0.25) is 0 Å². The molecule has 17 heavy (non-hydrogen) atoms. The van der Waals surface area contributed by atoms with Crippen LogP contribution in [0.15, 0.2) is 6.20 Å². The van der Waals surface area contributed by atoms with Crippen LogP contribution < -0.4 is 5.32 Å². The zero-order valence-corrected chi connectivity index (χ0v) is 10.9. The molecule has 0 aliphatic heterocycles. The van der Waals surface area contributed by atoms with Gasteiger partial charge < -0.3 is 10.1 Å². The first kappa shape index (κ1) is 12.5. The fourth-order valence-electron chi connectivity index (χ4n) is 2.32. The van der Waals surface area contributed by atoms with Crippen molar-refractivity contribution in [1.82, 2.24) is 15.3 Å². The number of hydrogen-bond acceptors (Lipinski definition) is 4. The molecular weight excluding hydrogens is 214 g/mol. The first-order valence-corrected chi connectivity index (χ1v) is 6.38. The highest BCUT2D eigenvalue weighted by molar-refractivity contribution is 5.24. The summed E-state index contributed by atoms with van der Waals surface area (Å²) in [5.74, 6) is 0.795. The van der Waals surface area contributed by atoms with Gasteiger partial charge in [-0.1, -0.05) is 6.92 Å². The molecule has 2 atom stereocenters. The Kier molecular flexibility index (Phi) is 4.07. The van der Waals surface area contributed by atoms with Crippen molar-refractivity contribution in [3.8, 4) is 0 Å². The fourth-order valence-corrected chi connectivity index (χ4v) is 2.32. The Balaban J connectivity index is 2.26. The van der Waals surface area contributed by atoms with Gasteiger partial charge in [-0.15, -0.1) is 0 Å². The van der Waals surface area contributed by atoms with Crippen LogP contribution in [-0.2, 0) is 11.2 Å². The van der Waals surface area contributed by atoms with Gasteiger partial charge in [-0.2, -0.15) is 0 Å². The Hall–Kier alpha value is -1.00. The molecule has 0 fully saturated rings. The van der Waals surface area contributed by atoms with Gasteiger partial charge in [0, 0.05) is 30.6 Å². The molecule has 1 aliphatic rings. The molecule has 0 spiro atoms. The highest BCUT2D eigenvalue weighted by Crippen LogP contribution is 2.28. The van der Waals surface area contributed by atoms with Gasteiger partial charge in [0.2, 0.25) is 0 Å². The van der Waals surface area contributed by atoms with Crippen molar-refractivity contribution in [2.75, 3.05) is 13.7 Å². The summed E-state index contributed by atoms with van der Waals surface area (Å²) in [6, 6.07) is 0.427. The summed E-state index contributed by atoms with van der Waals surface area (Å²) in [4.78, 5) is 9.06. The molecule has 0 radical (unpaired) electrons. The van der Waals surface area contributed by atoms with Gasteiger partial charge in [0.1, 0.15) is 6.10 Å². The molecule has 1 heterocycles. The number of aromatic nitrogens is 2. The molecule has 2 rings (SSSR count). The maximum Gasteiger partial charge on any atom is 0.157 e. The predicted molar refractivity (Wildman–Crippen MR) is 66.8 cm³/mol. The number of nitrogens with one attached hydrogen (secondary N) is 1. The van der Waals surface area contributed by atoms with Gasteiger partial charge in [-0.25, -0.2) is 9.97 Å². The molecule has 0 aromatic carbocycles. The predicted octanol–water partition coefficient (Wildman–Crippen LogP) is 2.17. The monoisotopic (exact) mass is 235 g/mol. The SMILES string of the molecule is CCNC1CCCc2nc(C(C)OC)ncc21. The number of aryl methyl sites for hydroxylation is 1. The van der Waals surface area contributed by atoms with E-state index in [-0.39, 0.29) is 6.10 Å². The lowest BCUT2D eigenvalue weighted by Crippen LogP contribution is -2.26. The van der Waals surface area contributed by atoms with Gasteiger partial charge >= 0.3 is 0 Å². The summed E-state index contributed by atoms with van der Waals surface area (Å²) in [7, 11) is 1.69. The van der Waals surface area contributed by atoms with E-state index >= 15 is 0 Å². The van der Waals surface area contributed by atoms with E-state index in [9.17, 15) is 0 Å². The van der Waals surface area contributed by atoms with Crippen LogP contribution in [0.5, 0.6) is 0 Å². The summed E-state index contributed by atoms with van der Waals surface area (Å²) >= 11 is 0. The maximum atomic E-state index is 5.26. The van der Waals surface area contributed by atoms with Crippen molar-refractivity contribution in [3.63, 3.8) is 0 Å². The number of hydrogen-bond donors (Lipinski definition) is 1. The third-order valence-electron chi connectivity index (χ3n) is 3.37. The maximum absolute atomic E-state index is 5.26.